The van der Waals surface area contributed by atoms with Gasteiger partial charge in [-0.1, -0.05) is 30.3 Å². The van der Waals surface area contributed by atoms with Crippen LogP contribution >= 0.6 is 0 Å². The molecule has 3 N–H and O–H groups in total. The van der Waals surface area contributed by atoms with Gasteiger partial charge in [-0.15, -0.1) is 0 Å². The first kappa shape index (κ1) is 11.9. The molecule has 1 aromatic rings. The number of carbonyl (C=O) groups is 2. The number of urea groups is 1. The summed E-state index contributed by atoms with van der Waals surface area (Å²) in [4.78, 5) is 21.6. The lowest BCUT2D eigenvalue weighted by molar-refractivity contribution is -0.115. The van der Waals surface area contributed by atoms with E-state index in [4.69, 9.17) is 5.73 Å². The molecule has 1 rings (SSSR count). The summed E-state index contributed by atoms with van der Waals surface area (Å²) in [6, 6.07) is 8.38. The fourth-order valence-electron chi connectivity index (χ4n) is 1.20. The Morgan fingerprint density at radius 1 is 1.31 bits per heavy atom. The standard InChI is InChI=1S/C11H13N3O2/c1-8(15)7-10(13-14-11(12)16)9-5-3-2-4-6-9/h2-6H,7H2,1H3,(H3,12,14,16). The maximum atomic E-state index is 11.0. The number of rotatable bonds is 4. The third-order valence-corrected chi connectivity index (χ3v) is 1.82. The topological polar surface area (TPSA) is 84.6 Å². The number of ketones is 1. The number of Topliss-reactive ketones (excluding diaryl/α,β-unsaturated/α-hetero) is 1. The Kier molecular flexibility index (Phi) is 4.20. The van der Waals surface area contributed by atoms with Gasteiger partial charge < -0.3 is 5.73 Å². The van der Waals surface area contributed by atoms with Gasteiger partial charge in [0.1, 0.15) is 5.78 Å². The van der Waals surface area contributed by atoms with Crippen molar-refractivity contribution in [2.75, 3.05) is 0 Å². The fraction of sp³-hybridized carbons (Fsp3) is 0.182. The van der Waals surface area contributed by atoms with E-state index in [1.165, 1.54) is 6.92 Å². The van der Waals surface area contributed by atoms with Crippen molar-refractivity contribution in [2.24, 2.45) is 10.8 Å². The highest BCUT2D eigenvalue weighted by molar-refractivity contribution is 6.10. The van der Waals surface area contributed by atoms with E-state index in [9.17, 15) is 9.59 Å². The molecule has 0 aliphatic rings. The molecule has 0 aromatic heterocycles. The van der Waals surface area contributed by atoms with Crippen LogP contribution < -0.4 is 11.2 Å². The minimum atomic E-state index is -0.753. The molecule has 0 bridgehead atoms. The summed E-state index contributed by atoms with van der Waals surface area (Å²) < 4.78 is 0. The van der Waals surface area contributed by atoms with Gasteiger partial charge >= 0.3 is 6.03 Å². The molecule has 1 aromatic carbocycles. The van der Waals surface area contributed by atoms with Gasteiger partial charge in [-0.25, -0.2) is 10.2 Å². The Morgan fingerprint density at radius 3 is 2.44 bits per heavy atom. The monoisotopic (exact) mass is 219 g/mol. The quantitative estimate of drug-likeness (QED) is 0.585. The first-order valence-electron chi connectivity index (χ1n) is 4.76. The van der Waals surface area contributed by atoms with Crippen LogP contribution in [0.2, 0.25) is 0 Å². The molecule has 5 nitrogen and oxygen atoms in total. The van der Waals surface area contributed by atoms with Crippen molar-refractivity contribution >= 4 is 17.5 Å². The molecule has 0 heterocycles. The molecule has 2 amide bonds. The number of primary amides is 1. The van der Waals surface area contributed by atoms with Crippen LogP contribution in [0.3, 0.4) is 0 Å². The number of amides is 2. The molecular formula is C11H13N3O2. The number of nitrogens with two attached hydrogens (primary N) is 1. The zero-order valence-corrected chi connectivity index (χ0v) is 8.93. The van der Waals surface area contributed by atoms with Crippen LogP contribution in [0.5, 0.6) is 0 Å². The lowest BCUT2D eigenvalue weighted by atomic mass is 10.1. The number of carbonyl (C=O) groups excluding carboxylic acids is 2. The normalized spacial score (nSPS) is 10.9. The average molecular weight is 219 g/mol. The molecule has 16 heavy (non-hydrogen) atoms. The van der Waals surface area contributed by atoms with Crippen molar-refractivity contribution in [3.8, 4) is 0 Å². The molecule has 0 fully saturated rings. The summed E-state index contributed by atoms with van der Waals surface area (Å²) in [5.74, 6) is -0.0335. The number of nitrogens with zero attached hydrogens (tertiary/aromatic N) is 1. The van der Waals surface area contributed by atoms with Crippen molar-refractivity contribution in [2.45, 2.75) is 13.3 Å². The molecule has 0 saturated heterocycles. The van der Waals surface area contributed by atoms with Gasteiger partial charge in [0, 0.05) is 0 Å². The van der Waals surface area contributed by atoms with E-state index in [1.807, 2.05) is 30.3 Å². The Labute approximate surface area is 93.3 Å². The van der Waals surface area contributed by atoms with Crippen LogP contribution in [0.25, 0.3) is 0 Å². The SMILES string of the molecule is CC(=O)CC(=NNC(N)=O)c1ccccc1. The van der Waals surface area contributed by atoms with E-state index < -0.39 is 6.03 Å². The predicted molar refractivity (Wildman–Crippen MR) is 61.0 cm³/mol. The molecule has 0 radical (unpaired) electrons. The van der Waals surface area contributed by atoms with Crippen LogP contribution in [0.4, 0.5) is 4.79 Å². The van der Waals surface area contributed by atoms with Gasteiger partial charge in [0.15, 0.2) is 0 Å². The Morgan fingerprint density at radius 2 is 1.94 bits per heavy atom. The minimum Gasteiger partial charge on any atom is -0.350 e. The van der Waals surface area contributed by atoms with Crippen molar-refractivity contribution in [1.29, 1.82) is 0 Å². The minimum absolute atomic E-state index is 0.0335. The van der Waals surface area contributed by atoms with E-state index in [0.29, 0.717) is 5.71 Å². The highest BCUT2D eigenvalue weighted by Crippen LogP contribution is 2.04. The van der Waals surface area contributed by atoms with Crippen LogP contribution in [0.1, 0.15) is 18.9 Å². The van der Waals surface area contributed by atoms with E-state index in [0.717, 1.165) is 5.56 Å². The molecule has 0 aliphatic carbocycles. The van der Waals surface area contributed by atoms with Crippen molar-refractivity contribution in [3.63, 3.8) is 0 Å². The zero-order chi connectivity index (χ0) is 12.0. The van der Waals surface area contributed by atoms with E-state index in [2.05, 4.69) is 10.5 Å². The Bertz CT molecular complexity index is 412. The van der Waals surface area contributed by atoms with Gasteiger partial charge in [-0.2, -0.15) is 5.10 Å². The number of hydrazone groups is 1. The van der Waals surface area contributed by atoms with Crippen LogP contribution in [-0.2, 0) is 4.79 Å². The lowest BCUT2D eigenvalue weighted by Crippen LogP contribution is -2.26. The van der Waals surface area contributed by atoms with Crippen LogP contribution in [0, 0.1) is 0 Å². The summed E-state index contributed by atoms with van der Waals surface area (Å²) in [5, 5.41) is 3.80. The number of hydrogen-bond donors (Lipinski definition) is 2. The smallest absolute Gasteiger partial charge is 0.332 e. The van der Waals surface area contributed by atoms with Crippen molar-refractivity contribution in [1.82, 2.24) is 5.43 Å². The highest BCUT2D eigenvalue weighted by atomic mass is 16.2. The van der Waals surface area contributed by atoms with Crippen molar-refractivity contribution < 1.29 is 9.59 Å². The second-order valence-electron chi connectivity index (χ2n) is 3.28. The first-order valence-corrected chi connectivity index (χ1v) is 4.76. The van der Waals surface area contributed by atoms with E-state index >= 15 is 0 Å². The first-order chi connectivity index (χ1) is 7.59. The molecule has 0 spiro atoms. The highest BCUT2D eigenvalue weighted by Gasteiger charge is 2.06. The van der Waals surface area contributed by atoms with E-state index in [1.54, 1.807) is 0 Å². The van der Waals surface area contributed by atoms with Crippen LogP contribution in [0.15, 0.2) is 35.4 Å². The predicted octanol–water partition coefficient (Wildman–Crippen LogP) is 1.04. The van der Waals surface area contributed by atoms with Gasteiger partial charge in [0.05, 0.1) is 12.1 Å². The Hall–Kier alpha value is -2.17. The molecule has 84 valence electrons. The average Bonchev–Trinajstić information content (AvgIpc) is 2.25. The third kappa shape index (κ3) is 3.91. The van der Waals surface area contributed by atoms with Gasteiger partial charge in [-0.3, -0.25) is 4.79 Å². The van der Waals surface area contributed by atoms with Gasteiger partial charge in [0.2, 0.25) is 0 Å². The van der Waals surface area contributed by atoms with Crippen LogP contribution in [-0.4, -0.2) is 17.5 Å². The van der Waals surface area contributed by atoms with Gasteiger partial charge in [0.25, 0.3) is 0 Å². The summed E-state index contributed by atoms with van der Waals surface area (Å²) in [7, 11) is 0. The molecule has 0 atom stereocenters. The summed E-state index contributed by atoms with van der Waals surface area (Å²) in [5.41, 5.74) is 8.31. The molecule has 0 saturated carbocycles. The zero-order valence-electron chi connectivity index (χ0n) is 8.93. The fourth-order valence-corrected chi connectivity index (χ4v) is 1.20. The molecule has 5 heteroatoms. The van der Waals surface area contributed by atoms with E-state index in [-0.39, 0.29) is 12.2 Å². The number of nitrogens with one attached hydrogen (secondary N) is 1. The second-order valence-corrected chi connectivity index (χ2v) is 3.28. The summed E-state index contributed by atoms with van der Waals surface area (Å²) >= 11 is 0. The van der Waals surface area contributed by atoms with Gasteiger partial charge in [-0.05, 0) is 12.5 Å². The maximum absolute atomic E-state index is 11.0. The second kappa shape index (κ2) is 5.65. The molecular weight excluding hydrogens is 206 g/mol. The maximum Gasteiger partial charge on any atom is 0.332 e. The molecule has 0 unspecified atom stereocenters. The lowest BCUT2D eigenvalue weighted by Gasteiger charge is -2.04. The third-order valence-electron chi connectivity index (χ3n) is 1.82. The molecule has 0 aliphatic heterocycles. The van der Waals surface area contributed by atoms with Crippen molar-refractivity contribution in [3.05, 3.63) is 35.9 Å². The number of benzene rings is 1. The number of hydrogen-bond acceptors (Lipinski definition) is 3. The summed E-state index contributed by atoms with van der Waals surface area (Å²) in [6.07, 6.45) is 0.157. The summed E-state index contributed by atoms with van der Waals surface area (Å²) in [6.45, 7) is 1.46. The largest absolute Gasteiger partial charge is 0.350 e. The Balaban J connectivity index is 2.91.